The molecule has 0 N–H and O–H groups in total. The number of amides is 1. The molecule has 0 radical (unpaired) electrons. The number of carbonyl (C=O) groups excluding carboxylic acids is 1. The fourth-order valence-electron chi connectivity index (χ4n) is 3.56. The Morgan fingerprint density at radius 3 is 2.55 bits per heavy atom. The van der Waals surface area contributed by atoms with Gasteiger partial charge in [0.2, 0.25) is 5.91 Å². The smallest absolute Gasteiger partial charge is 0.222 e. The number of carbonyl (C=O) groups is 1. The van der Waals surface area contributed by atoms with E-state index in [4.69, 9.17) is 4.98 Å². The van der Waals surface area contributed by atoms with Crippen LogP contribution in [-0.4, -0.2) is 47.7 Å². The van der Waals surface area contributed by atoms with Crippen molar-refractivity contribution in [2.24, 2.45) is 0 Å². The van der Waals surface area contributed by atoms with E-state index >= 15 is 0 Å². The highest BCUT2D eigenvalue weighted by molar-refractivity contribution is 7.99. The average molecular weight is 426 g/mol. The molecule has 0 aliphatic carbocycles. The van der Waals surface area contributed by atoms with Gasteiger partial charge in [0.05, 0.1) is 10.2 Å². The summed E-state index contributed by atoms with van der Waals surface area (Å²) in [5, 5.41) is 1.08. The minimum absolute atomic E-state index is 0.286. The molecule has 29 heavy (non-hydrogen) atoms. The van der Waals surface area contributed by atoms with Gasteiger partial charge in [0.1, 0.15) is 0 Å². The Balaban J connectivity index is 1.23. The summed E-state index contributed by atoms with van der Waals surface area (Å²) in [4.78, 5) is 23.0. The van der Waals surface area contributed by atoms with Gasteiger partial charge in [0.25, 0.3) is 0 Å². The van der Waals surface area contributed by atoms with Gasteiger partial charge in [-0.15, -0.1) is 11.8 Å². The van der Waals surface area contributed by atoms with Crippen LogP contribution in [0, 0.1) is 13.8 Å². The zero-order valence-corrected chi connectivity index (χ0v) is 18.7. The number of hydrogen-bond acceptors (Lipinski definition) is 5. The highest BCUT2D eigenvalue weighted by Crippen LogP contribution is 2.31. The summed E-state index contributed by atoms with van der Waals surface area (Å²) in [7, 11) is 0. The van der Waals surface area contributed by atoms with Gasteiger partial charge in [0.15, 0.2) is 5.13 Å². The molecular formula is C23H27N3OS2. The minimum atomic E-state index is 0.286. The Morgan fingerprint density at radius 1 is 1.07 bits per heavy atom. The van der Waals surface area contributed by atoms with Gasteiger partial charge in [-0.1, -0.05) is 41.2 Å². The highest BCUT2D eigenvalue weighted by Gasteiger charge is 2.23. The van der Waals surface area contributed by atoms with Crippen molar-refractivity contribution < 1.29 is 4.79 Å². The molecular weight excluding hydrogens is 398 g/mol. The predicted molar refractivity (Wildman–Crippen MR) is 124 cm³/mol. The number of thiazole rings is 1. The number of anilines is 1. The Labute approximate surface area is 180 Å². The first kappa shape index (κ1) is 20.2. The number of fused-ring (bicyclic) bond motifs is 1. The van der Waals surface area contributed by atoms with Crippen LogP contribution >= 0.6 is 23.1 Å². The molecule has 1 aromatic heterocycles. The lowest BCUT2D eigenvalue weighted by molar-refractivity contribution is -0.131. The Kier molecular flexibility index (Phi) is 6.40. The van der Waals surface area contributed by atoms with Crippen molar-refractivity contribution in [1.82, 2.24) is 9.88 Å². The SMILES string of the molecule is Cc1ccc(SCCCC(=O)N2CCN(c3nc4c(C)cccc4s3)CC2)cc1. The Bertz CT molecular complexity index is 975. The normalized spacial score (nSPS) is 14.6. The molecule has 1 aliphatic heterocycles. The number of hydrogen-bond donors (Lipinski definition) is 0. The van der Waals surface area contributed by atoms with Crippen molar-refractivity contribution in [3.63, 3.8) is 0 Å². The highest BCUT2D eigenvalue weighted by atomic mass is 32.2. The summed E-state index contributed by atoms with van der Waals surface area (Å²) in [5.74, 6) is 1.27. The standard InChI is InChI=1S/C23H27N3OS2/c1-17-8-10-19(11-9-17)28-16-4-7-21(27)25-12-14-26(15-13-25)23-24-22-18(2)5-3-6-20(22)29-23/h3,5-6,8-11H,4,7,12-16H2,1-2H3. The van der Waals surface area contributed by atoms with E-state index in [9.17, 15) is 4.79 Å². The first-order valence-electron chi connectivity index (χ1n) is 10.2. The van der Waals surface area contributed by atoms with Crippen LogP contribution in [-0.2, 0) is 4.79 Å². The van der Waals surface area contributed by atoms with Crippen LogP contribution in [0.25, 0.3) is 10.2 Å². The second-order valence-corrected chi connectivity index (χ2v) is 9.73. The van der Waals surface area contributed by atoms with Gasteiger partial charge >= 0.3 is 0 Å². The molecule has 1 saturated heterocycles. The molecule has 0 bridgehead atoms. The lowest BCUT2D eigenvalue weighted by Crippen LogP contribution is -2.48. The molecule has 152 valence electrons. The summed E-state index contributed by atoms with van der Waals surface area (Å²) in [6, 6.07) is 14.9. The maximum Gasteiger partial charge on any atom is 0.222 e. The van der Waals surface area contributed by atoms with Crippen molar-refractivity contribution in [1.29, 1.82) is 0 Å². The molecule has 2 aromatic carbocycles. The van der Waals surface area contributed by atoms with E-state index in [0.29, 0.717) is 6.42 Å². The summed E-state index contributed by atoms with van der Waals surface area (Å²) in [6.45, 7) is 7.52. The van der Waals surface area contributed by atoms with Gasteiger partial charge in [-0.3, -0.25) is 4.79 Å². The van der Waals surface area contributed by atoms with Crippen LogP contribution in [0.1, 0.15) is 24.0 Å². The summed E-state index contributed by atoms with van der Waals surface area (Å²) >= 11 is 3.58. The molecule has 1 fully saturated rings. The summed E-state index contributed by atoms with van der Waals surface area (Å²) < 4.78 is 1.24. The quantitative estimate of drug-likeness (QED) is 0.405. The topological polar surface area (TPSA) is 36.4 Å². The van der Waals surface area contributed by atoms with Crippen molar-refractivity contribution >= 4 is 44.4 Å². The van der Waals surface area contributed by atoms with E-state index in [2.05, 4.69) is 61.2 Å². The number of aryl methyl sites for hydroxylation is 2. The molecule has 0 unspecified atom stereocenters. The second-order valence-electron chi connectivity index (χ2n) is 7.55. The fourth-order valence-corrected chi connectivity index (χ4v) is 5.51. The van der Waals surface area contributed by atoms with E-state index in [0.717, 1.165) is 49.0 Å². The lowest BCUT2D eigenvalue weighted by Gasteiger charge is -2.34. The largest absolute Gasteiger partial charge is 0.345 e. The molecule has 0 atom stereocenters. The zero-order chi connectivity index (χ0) is 20.2. The summed E-state index contributed by atoms with van der Waals surface area (Å²) in [6.07, 6.45) is 1.56. The summed E-state index contributed by atoms with van der Waals surface area (Å²) in [5.41, 5.74) is 3.61. The molecule has 6 heteroatoms. The Hall–Kier alpha value is -2.05. The zero-order valence-electron chi connectivity index (χ0n) is 17.1. The number of para-hydroxylation sites is 1. The number of nitrogens with zero attached hydrogens (tertiary/aromatic N) is 3. The number of aromatic nitrogens is 1. The predicted octanol–water partition coefficient (Wildman–Crippen LogP) is 5.13. The Morgan fingerprint density at radius 2 is 1.83 bits per heavy atom. The third kappa shape index (κ3) is 4.93. The van der Waals surface area contributed by atoms with Gasteiger partial charge in [-0.2, -0.15) is 0 Å². The monoisotopic (exact) mass is 425 g/mol. The van der Waals surface area contributed by atoms with Crippen LogP contribution in [0.2, 0.25) is 0 Å². The van der Waals surface area contributed by atoms with Crippen molar-refractivity contribution in [3.05, 3.63) is 53.6 Å². The van der Waals surface area contributed by atoms with Crippen LogP contribution < -0.4 is 4.90 Å². The first-order chi connectivity index (χ1) is 14.1. The third-order valence-corrected chi connectivity index (χ3v) is 7.52. The molecule has 4 rings (SSSR count). The number of rotatable bonds is 6. The maximum absolute atomic E-state index is 12.6. The van der Waals surface area contributed by atoms with E-state index in [1.807, 2.05) is 16.7 Å². The van der Waals surface area contributed by atoms with E-state index in [1.165, 1.54) is 20.7 Å². The molecule has 0 spiro atoms. The van der Waals surface area contributed by atoms with Crippen molar-refractivity contribution in [3.8, 4) is 0 Å². The minimum Gasteiger partial charge on any atom is -0.345 e. The van der Waals surface area contributed by atoms with Crippen LogP contribution in [0.5, 0.6) is 0 Å². The molecule has 4 nitrogen and oxygen atoms in total. The van der Waals surface area contributed by atoms with Crippen LogP contribution in [0.4, 0.5) is 5.13 Å². The second kappa shape index (κ2) is 9.18. The van der Waals surface area contributed by atoms with E-state index in [-0.39, 0.29) is 5.91 Å². The van der Waals surface area contributed by atoms with E-state index in [1.54, 1.807) is 11.3 Å². The first-order valence-corrected chi connectivity index (χ1v) is 12.0. The average Bonchev–Trinajstić information content (AvgIpc) is 3.18. The maximum atomic E-state index is 12.6. The van der Waals surface area contributed by atoms with Crippen LogP contribution in [0.3, 0.4) is 0 Å². The van der Waals surface area contributed by atoms with E-state index < -0.39 is 0 Å². The molecule has 2 heterocycles. The van der Waals surface area contributed by atoms with Gasteiger partial charge in [-0.05, 0) is 49.8 Å². The molecule has 1 aliphatic rings. The lowest BCUT2D eigenvalue weighted by atomic mass is 10.2. The number of benzene rings is 2. The fraction of sp³-hybridized carbons (Fsp3) is 0.391. The molecule has 0 saturated carbocycles. The molecule has 1 amide bonds. The van der Waals surface area contributed by atoms with Crippen molar-refractivity contribution in [2.45, 2.75) is 31.6 Å². The number of thioether (sulfide) groups is 1. The number of piperazine rings is 1. The van der Waals surface area contributed by atoms with Crippen molar-refractivity contribution in [2.75, 3.05) is 36.8 Å². The van der Waals surface area contributed by atoms with Gasteiger partial charge in [0, 0.05) is 37.5 Å². The molecule has 3 aromatic rings. The van der Waals surface area contributed by atoms with Crippen LogP contribution in [0.15, 0.2) is 47.4 Å². The van der Waals surface area contributed by atoms with Gasteiger partial charge < -0.3 is 9.80 Å². The third-order valence-electron chi connectivity index (χ3n) is 5.34. The van der Waals surface area contributed by atoms with Gasteiger partial charge in [-0.25, -0.2) is 4.98 Å².